The summed E-state index contributed by atoms with van der Waals surface area (Å²) in [6.07, 6.45) is -0.277. The van der Waals surface area contributed by atoms with Crippen LogP contribution in [0.2, 0.25) is 0 Å². The molecule has 2 heterocycles. The molecule has 1 aliphatic rings. The molecule has 0 radical (unpaired) electrons. The molecule has 0 saturated carbocycles. The van der Waals surface area contributed by atoms with Gasteiger partial charge in [0.25, 0.3) is 0 Å². The first-order chi connectivity index (χ1) is 6.98. The summed E-state index contributed by atoms with van der Waals surface area (Å²) in [6.45, 7) is 4.01. The van der Waals surface area contributed by atoms with Crippen LogP contribution in [0.3, 0.4) is 0 Å². The fourth-order valence-corrected chi connectivity index (χ4v) is 1.45. The highest BCUT2D eigenvalue weighted by atomic mass is 16.7. The smallest absolute Gasteiger partial charge is 0.356 e. The van der Waals surface area contributed by atoms with Crippen molar-refractivity contribution in [1.29, 1.82) is 0 Å². The lowest BCUT2D eigenvalue weighted by Crippen LogP contribution is -2.19. The number of aromatic nitrogens is 2. The van der Waals surface area contributed by atoms with Crippen molar-refractivity contribution >= 4 is 5.97 Å². The number of ether oxygens (including phenoxy) is 2. The van der Waals surface area contributed by atoms with Gasteiger partial charge in [-0.1, -0.05) is 0 Å². The average Bonchev–Trinajstić information content (AvgIpc) is 2.70. The highest BCUT2D eigenvalue weighted by molar-refractivity contribution is 5.85. The van der Waals surface area contributed by atoms with E-state index in [1.165, 1.54) is 6.07 Å². The Morgan fingerprint density at radius 2 is 2.47 bits per heavy atom. The van der Waals surface area contributed by atoms with Crippen LogP contribution in [-0.2, 0) is 9.47 Å². The molecule has 0 aliphatic carbocycles. The zero-order valence-electron chi connectivity index (χ0n) is 8.48. The SMILES string of the molecule is CC1(C)OCC(c2cc(C(=O)O)n[nH]2)O1. The molecule has 0 aromatic carbocycles. The van der Waals surface area contributed by atoms with Crippen molar-refractivity contribution < 1.29 is 19.4 Å². The van der Waals surface area contributed by atoms with Crippen molar-refractivity contribution in [3.05, 3.63) is 17.5 Å². The van der Waals surface area contributed by atoms with E-state index in [0.29, 0.717) is 12.3 Å². The first-order valence-electron chi connectivity index (χ1n) is 4.58. The fraction of sp³-hybridized carbons (Fsp3) is 0.556. The lowest BCUT2D eigenvalue weighted by Gasteiger charge is -2.16. The molecule has 2 N–H and O–H groups in total. The van der Waals surface area contributed by atoms with Crippen LogP contribution in [0.25, 0.3) is 0 Å². The lowest BCUT2D eigenvalue weighted by molar-refractivity contribution is -0.139. The summed E-state index contributed by atoms with van der Waals surface area (Å²) in [4.78, 5) is 10.6. The Hall–Kier alpha value is -1.40. The first-order valence-corrected chi connectivity index (χ1v) is 4.58. The van der Waals surface area contributed by atoms with Crippen LogP contribution < -0.4 is 0 Å². The minimum Gasteiger partial charge on any atom is -0.476 e. The van der Waals surface area contributed by atoms with Gasteiger partial charge < -0.3 is 14.6 Å². The number of carboxylic acid groups (broad SMARTS) is 1. The summed E-state index contributed by atoms with van der Waals surface area (Å²) in [7, 11) is 0. The Morgan fingerprint density at radius 3 is 2.93 bits per heavy atom. The largest absolute Gasteiger partial charge is 0.476 e. The second-order valence-electron chi connectivity index (χ2n) is 3.83. The number of hydrogen-bond donors (Lipinski definition) is 2. The Morgan fingerprint density at radius 1 is 1.73 bits per heavy atom. The van der Waals surface area contributed by atoms with E-state index in [-0.39, 0.29) is 11.8 Å². The average molecular weight is 212 g/mol. The second-order valence-corrected chi connectivity index (χ2v) is 3.83. The number of carboxylic acids is 1. The summed E-state index contributed by atoms with van der Waals surface area (Å²) >= 11 is 0. The number of carbonyl (C=O) groups is 1. The Labute approximate surface area is 86.2 Å². The molecule has 1 unspecified atom stereocenters. The number of hydrogen-bond acceptors (Lipinski definition) is 4. The molecule has 15 heavy (non-hydrogen) atoms. The molecule has 6 nitrogen and oxygen atoms in total. The zero-order chi connectivity index (χ0) is 11.1. The van der Waals surface area contributed by atoms with E-state index >= 15 is 0 Å². The number of aromatic carboxylic acids is 1. The molecular weight excluding hydrogens is 200 g/mol. The van der Waals surface area contributed by atoms with Gasteiger partial charge in [-0.15, -0.1) is 0 Å². The lowest BCUT2D eigenvalue weighted by atomic mass is 10.2. The van der Waals surface area contributed by atoms with Crippen molar-refractivity contribution in [3.8, 4) is 0 Å². The van der Waals surface area contributed by atoms with E-state index in [9.17, 15) is 4.79 Å². The van der Waals surface area contributed by atoms with Crippen LogP contribution in [0, 0.1) is 0 Å². The van der Waals surface area contributed by atoms with Crippen molar-refractivity contribution in [2.45, 2.75) is 25.7 Å². The molecule has 0 spiro atoms. The molecular formula is C9H12N2O4. The molecule has 2 rings (SSSR count). The van der Waals surface area contributed by atoms with Gasteiger partial charge in [-0.2, -0.15) is 5.10 Å². The minimum absolute atomic E-state index is 0.0155. The van der Waals surface area contributed by atoms with Gasteiger partial charge in [-0.05, 0) is 19.9 Å². The standard InChI is InChI=1S/C9H12N2O4/c1-9(2)14-4-7(15-9)5-3-6(8(12)13)11-10-5/h3,7H,4H2,1-2H3,(H,10,11)(H,12,13). The highest BCUT2D eigenvalue weighted by Crippen LogP contribution is 2.31. The van der Waals surface area contributed by atoms with Gasteiger partial charge in [0.2, 0.25) is 0 Å². The number of nitrogens with zero attached hydrogens (tertiary/aromatic N) is 1. The van der Waals surface area contributed by atoms with Crippen molar-refractivity contribution in [3.63, 3.8) is 0 Å². The summed E-state index contributed by atoms with van der Waals surface area (Å²) in [5.41, 5.74) is 0.608. The topological polar surface area (TPSA) is 84.4 Å². The van der Waals surface area contributed by atoms with E-state index in [0.717, 1.165) is 0 Å². The number of H-pyrrole nitrogens is 1. The number of rotatable bonds is 2. The second kappa shape index (κ2) is 3.32. The van der Waals surface area contributed by atoms with Gasteiger partial charge in [0.1, 0.15) is 6.10 Å². The van der Waals surface area contributed by atoms with Gasteiger partial charge in [-0.3, -0.25) is 5.10 Å². The van der Waals surface area contributed by atoms with Crippen LogP contribution in [0.1, 0.15) is 36.1 Å². The zero-order valence-corrected chi connectivity index (χ0v) is 8.48. The number of nitrogens with one attached hydrogen (secondary N) is 1. The van der Waals surface area contributed by atoms with Crippen LogP contribution in [0.5, 0.6) is 0 Å². The van der Waals surface area contributed by atoms with Crippen molar-refractivity contribution in [2.24, 2.45) is 0 Å². The Kier molecular flexibility index (Phi) is 2.24. The molecule has 1 aliphatic heterocycles. The third-order valence-corrected chi connectivity index (χ3v) is 2.17. The van der Waals surface area contributed by atoms with E-state index in [1.54, 1.807) is 0 Å². The summed E-state index contributed by atoms with van der Waals surface area (Å²) < 4.78 is 10.9. The van der Waals surface area contributed by atoms with Crippen molar-refractivity contribution in [2.75, 3.05) is 6.61 Å². The summed E-state index contributed by atoms with van der Waals surface area (Å²) in [6, 6.07) is 1.46. The Balaban J connectivity index is 2.14. The molecule has 1 saturated heterocycles. The molecule has 1 aromatic rings. The maximum Gasteiger partial charge on any atom is 0.356 e. The van der Waals surface area contributed by atoms with E-state index in [4.69, 9.17) is 14.6 Å². The van der Waals surface area contributed by atoms with Gasteiger partial charge >= 0.3 is 5.97 Å². The van der Waals surface area contributed by atoms with Gasteiger partial charge in [0.15, 0.2) is 11.5 Å². The molecule has 0 amide bonds. The van der Waals surface area contributed by atoms with Crippen LogP contribution in [0.4, 0.5) is 0 Å². The maximum absolute atomic E-state index is 10.6. The molecule has 0 bridgehead atoms. The van der Waals surface area contributed by atoms with Gasteiger partial charge in [0.05, 0.1) is 12.3 Å². The van der Waals surface area contributed by atoms with E-state index < -0.39 is 11.8 Å². The predicted octanol–water partition coefficient (Wildman–Crippen LogP) is 0.932. The monoisotopic (exact) mass is 212 g/mol. The first kappa shape index (κ1) is 10.1. The molecule has 1 atom stereocenters. The highest BCUT2D eigenvalue weighted by Gasteiger charge is 2.34. The maximum atomic E-state index is 10.6. The molecule has 82 valence electrons. The van der Waals surface area contributed by atoms with Crippen LogP contribution in [0.15, 0.2) is 6.07 Å². The molecule has 1 aromatic heterocycles. The fourth-order valence-electron chi connectivity index (χ4n) is 1.45. The van der Waals surface area contributed by atoms with Crippen LogP contribution in [-0.4, -0.2) is 33.7 Å². The van der Waals surface area contributed by atoms with E-state index in [1.807, 2.05) is 13.8 Å². The summed E-state index contributed by atoms with van der Waals surface area (Å²) in [5.74, 6) is -1.69. The molecule has 6 heteroatoms. The third-order valence-electron chi connectivity index (χ3n) is 2.17. The van der Waals surface area contributed by atoms with Crippen molar-refractivity contribution in [1.82, 2.24) is 10.2 Å². The quantitative estimate of drug-likeness (QED) is 0.761. The minimum atomic E-state index is -1.06. The van der Waals surface area contributed by atoms with Crippen LogP contribution >= 0.6 is 0 Å². The normalized spacial score (nSPS) is 24.3. The Bertz CT molecular complexity index is 385. The number of aromatic amines is 1. The summed E-state index contributed by atoms with van der Waals surface area (Å²) in [5, 5.41) is 15.0. The van der Waals surface area contributed by atoms with E-state index in [2.05, 4.69) is 10.2 Å². The van der Waals surface area contributed by atoms with Gasteiger partial charge in [-0.25, -0.2) is 4.79 Å². The predicted molar refractivity (Wildman–Crippen MR) is 49.4 cm³/mol. The third kappa shape index (κ3) is 2.00. The van der Waals surface area contributed by atoms with Gasteiger partial charge in [0, 0.05) is 0 Å². The molecule has 1 fully saturated rings.